The Labute approximate surface area is 96.5 Å². The van der Waals surface area contributed by atoms with Crippen LogP contribution in [0.2, 0.25) is 0 Å². The first-order valence-corrected chi connectivity index (χ1v) is 5.06. The van der Waals surface area contributed by atoms with Crippen molar-refractivity contribution in [1.29, 1.82) is 0 Å². The van der Waals surface area contributed by atoms with Gasteiger partial charge in [-0.1, -0.05) is 24.3 Å². The molecule has 1 aromatic heterocycles. The maximum atomic E-state index is 12.0. The third-order valence-corrected chi connectivity index (χ3v) is 2.81. The van der Waals surface area contributed by atoms with E-state index in [2.05, 4.69) is 4.98 Å². The van der Waals surface area contributed by atoms with Crippen molar-refractivity contribution in [1.82, 2.24) is 4.98 Å². The first-order chi connectivity index (χ1) is 8.18. The van der Waals surface area contributed by atoms with Gasteiger partial charge in [0.1, 0.15) is 0 Å². The first kappa shape index (κ1) is 9.72. The monoisotopic (exact) mass is 225 g/mol. The third kappa shape index (κ3) is 1.27. The molecule has 0 amide bonds. The Hall–Kier alpha value is -2.49. The van der Waals surface area contributed by atoms with Crippen LogP contribution in [0.5, 0.6) is 0 Å². The molecule has 3 rings (SSSR count). The highest BCUT2D eigenvalue weighted by Crippen LogP contribution is 2.34. The number of fused-ring (bicyclic) bond motifs is 3. The summed E-state index contributed by atoms with van der Waals surface area (Å²) in [6.07, 6.45) is 1.27. The molecule has 1 heterocycles. The predicted molar refractivity (Wildman–Crippen MR) is 60.1 cm³/mol. The molecule has 0 unspecified atom stereocenters. The van der Waals surface area contributed by atoms with E-state index in [0.29, 0.717) is 16.8 Å². The van der Waals surface area contributed by atoms with Crippen LogP contribution in [0.1, 0.15) is 26.3 Å². The highest BCUT2D eigenvalue weighted by atomic mass is 16.4. The van der Waals surface area contributed by atoms with E-state index in [9.17, 15) is 9.59 Å². The van der Waals surface area contributed by atoms with Gasteiger partial charge < -0.3 is 5.11 Å². The Morgan fingerprint density at radius 3 is 2.53 bits per heavy atom. The van der Waals surface area contributed by atoms with Gasteiger partial charge in [0.2, 0.25) is 0 Å². The number of nitrogens with zero attached hydrogens (tertiary/aromatic N) is 1. The number of hydrogen-bond acceptors (Lipinski definition) is 3. The smallest absolute Gasteiger partial charge is 0.337 e. The summed E-state index contributed by atoms with van der Waals surface area (Å²) in [6, 6.07) is 8.52. The molecule has 0 spiro atoms. The number of aromatic carboxylic acids is 1. The number of carboxylic acid groups (broad SMARTS) is 1. The van der Waals surface area contributed by atoms with Gasteiger partial charge in [-0.3, -0.25) is 9.78 Å². The molecule has 1 N–H and O–H groups in total. The maximum Gasteiger partial charge on any atom is 0.337 e. The number of pyridine rings is 1. The van der Waals surface area contributed by atoms with Gasteiger partial charge in [-0.2, -0.15) is 0 Å². The second-order valence-corrected chi connectivity index (χ2v) is 3.80. The van der Waals surface area contributed by atoms with Crippen LogP contribution in [0.3, 0.4) is 0 Å². The van der Waals surface area contributed by atoms with Crippen LogP contribution in [-0.2, 0) is 0 Å². The van der Waals surface area contributed by atoms with E-state index in [1.54, 1.807) is 12.1 Å². The molecule has 2 aromatic rings. The molecule has 0 bridgehead atoms. The van der Waals surface area contributed by atoms with Crippen molar-refractivity contribution in [3.8, 4) is 11.3 Å². The highest BCUT2D eigenvalue weighted by molar-refractivity contribution is 6.21. The Morgan fingerprint density at radius 1 is 1.12 bits per heavy atom. The quantitative estimate of drug-likeness (QED) is 0.687. The maximum absolute atomic E-state index is 12.0. The molecule has 0 atom stereocenters. The van der Waals surface area contributed by atoms with Crippen LogP contribution in [0.15, 0.2) is 36.5 Å². The average molecular weight is 225 g/mol. The molecule has 1 aliphatic carbocycles. The van der Waals surface area contributed by atoms with E-state index in [-0.39, 0.29) is 11.3 Å². The van der Waals surface area contributed by atoms with Crippen LogP contribution in [0, 0.1) is 0 Å². The van der Waals surface area contributed by atoms with Crippen LogP contribution in [0.4, 0.5) is 0 Å². The zero-order valence-electron chi connectivity index (χ0n) is 8.68. The Bertz CT molecular complexity index is 661. The summed E-state index contributed by atoms with van der Waals surface area (Å²) in [5.74, 6) is -1.24. The second-order valence-electron chi connectivity index (χ2n) is 3.80. The second kappa shape index (κ2) is 3.25. The lowest BCUT2D eigenvalue weighted by Gasteiger charge is -1.99. The zero-order chi connectivity index (χ0) is 12.0. The Kier molecular flexibility index (Phi) is 1.86. The molecule has 0 saturated carbocycles. The lowest BCUT2D eigenvalue weighted by molar-refractivity contribution is 0.0696. The normalized spacial score (nSPS) is 12.1. The van der Waals surface area contributed by atoms with E-state index >= 15 is 0 Å². The van der Waals surface area contributed by atoms with Crippen LogP contribution >= 0.6 is 0 Å². The highest BCUT2D eigenvalue weighted by Gasteiger charge is 2.28. The number of hydrogen-bond donors (Lipinski definition) is 1. The fraction of sp³-hybridized carbons (Fsp3) is 0. The number of rotatable bonds is 1. The molecule has 0 radical (unpaired) electrons. The fourth-order valence-electron chi connectivity index (χ4n) is 2.00. The van der Waals surface area contributed by atoms with Crippen molar-refractivity contribution in [3.05, 3.63) is 53.2 Å². The molecular formula is C13H7NO3. The van der Waals surface area contributed by atoms with Crippen LogP contribution in [-0.4, -0.2) is 21.8 Å². The summed E-state index contributed by atoms with van der Waals surface area (Å²) in [7, 11) is 0. The molecular weight excluding hydrogens is 218 g/mol. The van der Waals surface area contributed by atoms with Gasteiger partial charge in [-0.05, 0) is 6.07 Å². The number of ketones is 1. The number of carbonyl (C=O) groups is 2. The van der Waals surface area contributed by atoms with Gasteiger partial charge in [-0.15, -0.1) is 0 Å². The third-order valence-electron chi connectivity index (χ3n) is 2.81. The Morgan fingerprint density at radius 2 is 1.82 bits per heavy atom. The number of carboxylic acids is 1. The van der Waals surface area contributed by atoms with Crippen molar-refractivity contribution < 1.29 is 14.7 Å². The minimum atomic E-state index is -1.08. The van der Waals surface area contributed by atoms with Crippen molar-refractivity contribution in [2.24, 2.45) is 0 Å². The molecule has 1 aromatic carbocycles. The molecule has 4 nitrogen and oxygen atoms in total. The van der Waals surface area contributed by atoms with E-state index in [1.807, 2.05) is 12.1 Å². The minimum Gasteiger partial charge on any atom is -0.478 e. The number of aromatic nitrogens is 1. The predicted octanol–water partition coefficient (Wildman–Crippen LogP) is 1.99. The molecule has 1 aliphatic rings. The molecule has 0 fully saturated rings. The lowest BCUT2D eigenvalue weighted by atomic mass is 10.1. The summed E-state index contributed by atoms with van der Waals surface area (Å²) in [5.41, 5.74) is 2.31. The summed E-state index contributed by atoms with van der Waals surface area (Å²) in [6.45, 7) is 0. The SMILES string of the molecule is O=C(O)c1cnc2c(c1)C(=O)c1ccccc1-2. The summed E-state index contributed by atoms with van der Waals surface area (Å²) in [4.78, 5) is 26.9. The number of carbonyl (C=O) groups excluding carboxylic acids is 1. The standard InChI is InChI=1S/C13H7NO3/c15-12-9-4-2-1-3-8(9)11-10(12)5-7(6-14-11)13(16)17/h1-6H,(H,16,17). The largest absolute Gasteiger partial charge is 0.478 e. The average Bonchev–Trinajstić information content (AvgIpc) is 2.64. The topological polar surface area (TPSA) is 67.3 Å². The molecule has 17 heavy (non-hydrogen) atoms. The van der Waals surface area contributed by atoms with Crippen molar-refractivity contribution in [2.75, 3.05) is 0 Å². The van der Waals surface area contributed by atoms with Gasteiger partial charge in [0.05, 0.1) is 11.3 Å². The summed E-state index contributed by atoms with van der Waals surface area (Å²) < 4.78 is 0. The molecule has 4 heteroatoms. The number of benzene rings is 1. The van der Waals surface area contributed by atoms with Gasteiger partial charge in [0.25, 0.3) is 0 Å². The lowest BCUT2D eigenvalue weighted by Crippen LogP contribution is -2.01. The van der Waals surface area contributed by atoms with Gasteiger partial charge in [0.15, 0.2) is 5.78 Å². The van der Waals surface area contributed by atoms with E-state index < -0.39 is 5.97 Å². The zero-order valence-corrected chi connectivity index (χ0v) is 8.68. The van der Waals surface area contributed by atoms with E-state index in [0.717, 1.165) is 5.56 Å². The van der Waals surface area contributed by atoms with Crippen LogP contribution in [0.25, 0.3) is 11.3 Å². The van der Waals surface area contributed by atoms with Gasteiger partial charge in [0, 0.05) is 22.9 Å². The molecule has 0 saturated heterocycles. The molecule has 0 aliphatic heterocycles. The summed E-state index contributed by atoms with van der Waals surface area (Å²) >= 11 is 0. The van der Waals surface area contributed by atoms with Crippen molar-refractivity contribution >= 4 is 11.8 Å². The van der Waals surface area contributed by atoms with Crippen molar-refractivity contribution in [2.45, 2.75) is 0 Å². The van der Waals surface area contributed by atoms with Gasteiger partial charge >= 0.3 is 5.97 Å². The minimum absolute atomic E-state index is 0.0323. The van der Waals surface area contributed by atoms with Gasteiger partial charge in [-0.25, -0.2) is 4.79 Å². The fourth-order valence-corrected chi connectivity index (χ4v) is 2.00. The Balaban J connectivity index is 2.28. The van der Waals surface area contributed by atoms with Crippen LogP contribution < -0.4 is 0 Å². The van der Waals surface area contributed by atoms with Crippen molar-refractivity contribution in [3.63, 3.8) is 0 Å². The first-order valence-electron chi connectivity index (χ1n) is 5.06. The van der Waals surface area contributed by atoms with E-state index in [1.165, 1.54) is 12.3 Å². The molecule has 82 valence electrons. The van der Waals surface area contributed by atoms with E-state index in [4.69, 9.17) is 5.11 Å². The summed E-state index contributed by atoms with van der Waals surface area (Å²) in [5, 5.41) is 8.87.